The Labute approximate surface area is 143 Å². The van der Waals surface area contributed by atoms with E-state index in [9.17, 15) is 16.8 Å². The molecule has 132 valence electrons. The van der Waals surface area contributed by atoms with E-state index in [4.69, 9.17) is 0 Å². The number of hydrogen-bond donors (Lipinski definition) is 1. The summed E-state index contributed by atoms with van der Waals surface area (Å²) in [7, 11) is -6.15. The molecule has 0 amide bonds. The molecular weight excluding hydrogens is 348 g/mol. The second-order valence-electron chi connectivity index (χ2n) is 7.33. The van der Waals surface area contributed by atoms with Crippen molar-refractivity contribution >= 4 is 19.7 Å². The third-order valence-corrected chi connectivity index (χ3v) is 8.84. The van der Waals surface area contributed by atoms with Crippen LogP contribution in [0.15, 0.2) is 24.3 Å². The largest absolute Gasteiger partial charge is 0.306 e. The number of hydrogen-bond acceptors (Lipinski definition) is 6. The first-order chi connectivity index (χ1) is 11.2. The van der Waals surface area contributed by atoms with Gasteiger partial charge in [-0.15, -0.1) is 0 Å². The van der Waals surface area contributed by atoms with Crippen molar-refractivity contribution in [2.24, 2.45) is 0 Å². The summed E-state index contributed by atoms with van der Waals surface area (Å²) < 4.78 is 48.4. The van der Waals surface area contributed by atoms with Gasteiger partial charge in [0.1, 0.15) is 0 Å². The van der Waals surface area contributed by atoms with Crippen molar-refractivity contribution in [1.29, 1.82) is 0 Å². The average Bonchev–Trinajstić information content (AvgIpc) is 2.94. The Kier molecular flexibility index (Phi) is 3.80. The molecule has 0 saturated carbocycles. The van der Waals surface area contributed by atoms with Crippen LogP contribution in [0, 0.1) is 6.92 Å². The van der Waals surface area contributed by atoms with Gasteiger partial charge in [0.25, 0.3) is 0 Å². The van der Waals surface area contributed by atoms with Crippen LogP contribution >= 0.6 is 0 Å². The molecule has 24 heavy (non-hydrogen) atoms. The zero-order valence-corrected chi connectivity index (χ0v) is 15.2. The van der Waals surface area contributed by atoms with Crippen LogP contribution < -0.4 is 5.32 Å². The Bertz CT molecular complexity index is 801. The van der Waals surface area contributed by atoms with Crippen LogP contribution in [0.5, 0.6) is 0 Å². The molecule has 3 saturated heterocycles. The number of nitrogens with one attached hydrogen (secondary N) is 1. The topological polar surface area (TPSA) is 83.6 Å². The highest BCUT2D eigenvalue weighted by Gasteiger charge is 2.53. The Morgan fingerprint density at radius 3 is 1.92 bits per heavy atom. The molecule has 1 aromatic carbocycles. The van der Waals surface area contributed by atoms with Crippen LogP contribution in [-0.2, 0) is 26.2 Å². The van der Waals surface area contributed by atoms with Crippen LogP contribution in [0.3, 0.4) is 0 Å². The maximum absolute atomic E-state index is 12.1. The summed E-state index contributed by atoms with van der Waals surface area (Å²) in [4.78, 5) is 2.13. The van der Waals surface area contributed by atoms with Gasteiger partial charge in [0.15, 0.2) is 19.7 Å². The van der Waals surface area contributed by atoms with E-state index in [2.05, 4.69) is 10.2 Å². The lowest BCUT2D eigenvalue weighted by molar-refractivity contribution is 0.0678. The summed E-state index contributed by atoms with van der Waals surface area (Å²) in [6, 6.07) is 7.50. The average molecular weight is 370 g/mol. The predicted molar refractivity (Wildman–Crippen MR) is 92.3 cm³/mol. The normalized spacial score (nSPS) is 37.0. The van der Waals surface area contributed by atoms with Gasteiger partial charge in [-0.1, -0.05) is 29.8 Å². The Hall–Kier alpha value is -0.960. The predicted octanol–water partition coefficient (Wildman–Crippen LogP) is -0.269. The van der Waals surface area contributed by atoms with Crippen molar-refractivity contribution in [1.82, 2.24) is 10.2 Å². The zero-order chi connectivity index (χ0) is 17.1. The van der Waals surface area contributed by atoms with Crippen molar-refractivity contribution in [3.05, 3.63) is 35.4 Å². The van der Waals surface area contributed by atoms with Crippen LogP contribution in [0.4, 0.5) is 0 Å². The number of nitrogens with zero attached hydrogens (tertiary/aromatic N) is 1. The molecule has 3 aliphatic heterocycles. The SMILES string of the molecule is Cc1ccc(CN2[C@@H]3CS(=O)(=O)C[C@@H]3N[C@H]3CS(=O)(=O)C[C@@H]32)cc1. The van der Waals surface area contributed by atoms with E-state index in [1.165, 1.54) is 5.56 Å². The molecule has 6 nitrogen and oxygen atoms in total. The van der Waals surface area contributed by atoms with E-state index in [-0.39, 0.29) is 47.2 Å². The summed E-state index contributed by atoms with van der Waals surface area (Å²) in [5, 5.41) is 3.31. The highest BCUT2D eigenvalue weighted by atomic mass is 32.2. The first-order valence-electron chi connectivity index (χ1n) is 8.21. The smallest absolute Gasteiger partial charge is 0.153 e. The third kappa shape index (κ3) is 3.00. The molecule has 3 heterocycles. The molecule has 8 heteroatoms. The molecule has 0 aromatic heterocycles. The van der Waals surface area contributed by atoms with Gasteiger partial charge in [-0.2, -0.15) is 0 Å². The Balaban J connectivity index is 1.67. The summed E-state index contributed by atoms with van der Waals surface area (Å²) >= 11 is 0. The molecular formula is C16H22N2O4S2. The molecule has 0 unspecified atom stereocenters. The van der Waals surface area contributed by atoms with E-state index in [0.29, 0.717) is 6.54 Å². The molecule has 1 aromatic rings. The Morgan fingerprint density at radius 2 is 1.42 bits per heavy atom. The first-order valence-corrected chi connectivity index (χ1v) is 11.8. The van der Waals surface area contributed by atoms with Gasteiger partial charge in [0.2, 0.25) is 0 Å². The number of fused-ring (bicyclic) bond motifs is 2. The van der Waals surface area contributed by atoms with Gasteiger partial charge in [-0.05, 0) is 12.5 Å². The minimum Gasteiger partial charge on any atom is -0.306 e. The monoisotopic (exact) mass is 370 g/mol. The van der Waals surface area contributed by atoms with E-state index in [0.717, 1.165) is 5.56 Å². The molecule has 3 fully saturated rings. The lowest BCUT2D eigenvalue weighted by atomic mass is 9.96. The number of piperazine rings is 1. The van der Waals surface area contributed by atoms with Crippen LogP contribution in [0.2, 0.25) is 0 Å². The lowest BCUT2D eigenvalue weighted by Crippen LogP contribution is -2.66. The van der Waals surface area contributed by atoms with Crippen LogP contribution in [-0.4, -0.2) is 68.9 Å². The molecule has 1 N–H and O–H groups in total. The third-order valence-electron chi connectivity index (χ3n) is 5.41. The van der Waals surface area contributed by atoms with E-state index < -0.39 is 19.7 Å². The van der Waals surface area contributed by atoms with E-state index >= 15 is 0 Å². The fourth-order valence-electron chi connectivity index (χ4n) is 4.29. The minimum atomic E-state index is -3.07. The van der Waals surface area contributed by atoms with Gasteiger partial charge in [-0.25, -0.2) is 16.8 Å². The molecule has 0 bridgehead atoms. The second-order valence-corrected chi connectivity index (χ2v) is 11.6. The fourth-order valence-corrected chi connectivity index (χ4v) is 8.18. The molecule has 0 aliphatic carbocycles. The van der Waals surface area contributed by atoms with Gasteiger partial charge >= 0.3 is 0 Å². The number of sulfone groups is 2. The van der Waals surface area contributed by atoms with Gasteiger partial charge in [-0.3, -0.25) is 4.90 Å². The Morgan fingerprint density at radius 1 is 0.917 bits per heavy atom. The van der Waals surface area contributed by atoms with Crippen molar-refractivity contribution in [2.45, 2.75) is 37.6 Å². The van der Waals surface area contributed by atoms with Gasteiger partial charge < -0.3 is 5.32 Å². The maximum Gasteiger partial charge on any atom is 0.153 e. The molecule has 0 radical (unpaired) electrons. The highest BCUT2D eigenvalue weighted by molar-refractivity contribution is 7.92. The molecule has 0 spiro atoms. The number of benzene rings is 1. The van der Waals surface area contributed by atoms with E-state index in [1.807, 2.05) is 31.2 Å². The summed E-state index contributed by atoms with van der Waals surface area (Å²) in [5.41, 5.74) is 2.26. The quantitative estimate of drug-likeness (QED) is 0.772. The lowest BCUT2D eigenvalue weighted by Gasteiger charge is -2.45. The molecule has 4 rings (SSSR count). The van der Waals surface area contributed by atoms with Gasteiger partial charge in [0.05, 0.1) is 23.0 Å². The van der Waals surface area contributed by atoms with Crippen molar-refractivity contribution in [3.8, 4) is 0 Å². The summed E-state index contributed by atoms with van der Waals surface area (Å²) in [6.07, 6.45) is 0. The maximum atomic E-state index is 12.1. The van der Waals surface area contributed by atoms with Gasteiger partial charge in [0, 0.05) is 30.7 Å². The number of rotatable bonds is 2. The zero-order valence-electron chi connectivity index (χ0n) is 13.6. The fraction of sp³-hybridized carbons (Fsp3) is 0.625. The second kappa shape index (κ2) is 5.52. The number of aryl methyl sites for hydroxylation is 1. The van der Waals surface area contributed by atoms with Crippen LogP contribution in [0.25, 0.3) is 0 Å². The summed E-state index contributed by atoms with van der Waals surface area (Å²) in [5.74, 6) is 0.427. The molecule has 4 atom stereocenters. The van der Waals surface area contributed by atoms with Crippen LogP contribution in [0.1, 0.15) is 11.1 Å². The minimum absolute atomic E-state index is 0.103. The van der Waals surface area contributed by atoms with E-state index in [1.54, 1.807) is 0 Å². The first kappa shape index (κ1) is 16.5. The molecule has 3 aliphatic rings. The highest BCUT2D eigenvalue weighted by Crippen LogP contribution is 2.32. The van der Waals surface area contributed by atoms with Crippen molar-refractivity contribution in [2.75, 3.05) is 23.0 Å². The van der Waals surface area contributed by atoms with Crippen molar-refractivity contribution < 1.29 is 16.8 Å². The standard InChI is InChI=1S/C16H22N2O4S2/c1-11-2-4-12(5-3-11)6-18-15-9-23(19,20)7-13(15)17-14-8-24(21,22)10-16(14)18/h2-5,13-17H,6-10H2,1H3/t13-,14-,15-,16+/m0/s1. The van der Waals surface area contributed by atoms with Crippen molar-refractivity contribution in [3.63, 3.8) is 0 Å². The summed E-state index contributed by atoms with van der Waals surface area (Å²) in [6.45, 7) is 2.61.